The Morgan fingerprint density at radius 3 is 2.52 bits per heavy atom. The van der Waals surface area contributed by atoms with E-state index in [1.807, 2.05) is 26.0 Å². The van der Waals surface area contributed by atoms with E-state index in [0.717, 1.165) is 34.2 Å². The van der Waals surface area contributed by atoms with Gasteiger partial charge in [0, 0.05) is 24.5 Å². The van der Waals surface area contributed by atoms with Crippen LogP contribution in [0.3, 0.4) is 0 Å². The molecule has 0 bridgehead atoms. The second-order valence-corrected chi connectivity index (χ2v) is 6.46. The molecule has 0 spiro atoms. The summed E-state index contributed by atoms with van der Waals surface area (Å²) in [6.45, 7) is 8.14. The molecule has 0 atom stereocenters. The lowest BCUT2D eigenvalue weighted by atomic mass is 10.0. The van der Waals surface area contributed by atoms with E-state index in [-0.39, 0.29) is 11.4 Å². The Morgan fingerprint density at radius 2 is 1.80 bits per heavy atom. The van der Waals surface area contributed by atoms with E-state index in [1.54, 1.807) is 18.2 Å². The molecule has 1 aromatic heterocycles. The van der Waals surface area contributed by atoms with Crippen molar-refractivity contribution in [3.05, 3.63) is 81.0 Å². The third kappa shape index (κ3) is 3.97. The number of halogens is 1. The van der Waals surface area contributed by atoms with E-state index >= 15 is 0 Å². The van der Waals surface area contributed by atoms with Crippen LogP contribution in [0, 0.1) is 19.7 Å². The number of hydrogen-bond donors (Lipinski definition) is 0. The summed E-state index contributed by atoms with van der Waals surface area (Å²) in [5, 5.41) is 0.959. The van der Waals surface area contributed by atoms with Crippen molar-refractivity contribution < 1.29 is 8.81 Å². The minimum Gasteiger partial charge on any atom is -0.423 e. The minimum absolute atomic E-state index is 0.231. The topological polar surface area (TPSA) is 33.5 Å². The van der Waals surface area contributed by atoms with Crippen LogP contribution in [0.25, 0.3) is 11.0 Å². The van der Waals surface area contributed by atoms with Crippen LogP contribution in [0.4, 0.5) is 4.39 Å². The average molecular weight is 339 g/mol. The van der Waals surface area contributed by atoms with Gasteiger partial charge in [-0.15, -0.1) is 0 Å². The van der Waals surface area contributed by atoms with Crippen molar-refractivity contribution in [1.29, 1.82) is 0 Å². The van der Waals surface area contributed by atoms with Gasteiger partial charge in [-0.25, -0.2) is 9.18 Å². The number of benzene rings is 2. The van der Waals surface area contributed by atoms with Gasteiger partial charge in [-0.05, 0) is 66.9 Å². The largest absolute Gasteiger partial charge is 0.423 e. The summed E-state index contributed by atoms with van der Waals surface area (Å²) in [6, 6.07) is 12.2. The number of rotatable bonds is 5. The highest BCUT2D eigenvalue weighted by Crippen LogP contribution is 2.23. The first-order valence-corrected chi connectivity index (χ1v) is 8.47. The summed E-state index contributed by atoms with van der Waals surface area (Å²) < 4.78 is 18.8. The summed E-state index contributed by atoms with van der Waals surface area (Å²) in [5.74, 6) is -0.231. The molecule has 3 nitrogen and oxygen atoms in total. The zero-order valence-corrected chi connectivity index (χ0v) is 14.8. The molecule has 3 rings (SSSR count). The Hall–Kier alpha value is -2.46. The number of nitrogens with zero attached hydrogens (tertiary/aromatic N) is 1. The number of hydrogen-bond acceptors (Lipinski definition) is 3. The van der Waals surface area contributed by atoms with Crippen molar-refractivity contribution >= 4 is 11.0 Å². The van der Waals surface area contributed by atoms with Gasteiger partial charge in [0.05, 0.1) is 0 Å². The third-order valence-corrected chi connectivity index (χ3v) is 4.58. The average Bonchev–Trinajstić information content (AvgIpc) is 2.56. The molecule has 0 aliphatic rings. The van der Waals surface area contributed by atoms with Gasteiger partial charge < -0.3 is 4.42 Å². The molecule has 0 unspecified atom stereocenters. The fourth-order valence-corrected chi connectivity index (χ4v) is 3.03. The fourth-order valence-electron chi connectivity index (χ4n) is 3.03. The van der Waals surface area contributed by atoms with Crippen LogP contribution < -0.4 is 5.63 Å². The predicted molar refractivity (Wildman–Crippen MR) is 98.1 cm³/mol. The van der Waals surface area contributed by atoms with Crippen LogP contribution in [-0.2, 0) is 13.1 Å². The molecular weight excluding hydrogens is 317 g/mol. The normalized spacial score (nSPS) is 11.4. The maximum atomic E-state index is 13.4. The summed E-state index contributed by atoms with van der Waals surface area (Å²) in [6.07, 6.45) is 0. The van der Waals surface area contributed by atoms with Crippen LogP contribution in [0.15, 0.2) is 51.7 Å². The molecular formula is C21H22FNO2. The molecule has 0 aliphatic heterocycles. The molecule has 0 amide bonds. The molecule has 1 heterocycles. The highest BCUT2D eigenvalue weighted by molar-refractivity contribution is 5.81. The maximum Gasteiger partial charge on any atom is 0.336 e. The summed E-state index contributed by atoms with van der Waals surface area (Å²) in [5.41, 5.74) is 4.39. The Bertz CT molecular complexity index is 962. The molecule has 3 aromatic rings. The highest BCUT2D eigenvalue weighted by Gasteiger charge is 2.12. The summed E-state index contributed by atoms with van der Waals surface area (Å²) in [7, 11) is 0. The van der Waals surface area contributed by atoms with E-state index in [4.69, 9.17) is 4.42 Å². The molecule has 0 radical (unpaired) electrons. The van der Waals surface area contributed by atoms with Crippen molar-refractivity contribution in [3.8, 4) is 0 Å². The van der Waals surface area contributed by atoms with Crippen molar-refractivity contribution in [2.24, 2.45) is 0 Å². The third-order valence-electron chi connectivity index (χ3n) is 4.58. The van der Waals surface area contributed by atoms with Crippen LogP contribution in [0.2, 0.25) is 0 Å². The van der Waals surface area contributed by atoms with Gasteiger partial charge in [0.2, 0.25) is 0 Å². The maximum absolute atomic E-state index is 13.4. The molecule has 2 aromatic carbocycles. The van der Waals surface area contributed by atoms with Gasteiger partial charge in [0.1, 0.15) is 11.4 Å². The Balaban J connectivity index is 1.95. The van der Waals surface area contributed by atoms with E-state index in [9.17, 15) is 9.18 Å². The monoisotopic (exact) mass is 339 g/mol. The van der Waals surface area contributed by atoms with Gasteiger partial charge in [0.25, 0.3) is 0 Å². The molecule has 130 valence electrons. The van der Waals surface area contributed by atoms with Gasteiger partial charge in [-0.2, -0.15) is 0 Å². The second-order valence-electron chi connectivity index (χ2n) is 6.46. The van der Waals surface area contributed by atoms with Crippen LogP contribution >= 0.6 is 0 Å². The highest BCUT2D eigenvalue weighted by atomic mass is 19.1. The van der Waals surface area contributed by atoms with Crippen molar-refractivity contribution in [3.63, 3.8) is 0 Å². The van der Waals surface area contributed by atoms with E-state index < -0.39 is 0 Å². The van der Waals surface area contributed by atoms with Crippen molar-refractivity contribution in [2.45, 2.75) is 33.9 Å². The summed E-state index contributed by atoms with van der Waals surface area (Å²) >= 11 is 0. The Kier molecular flexibility index (Phi) is 5.00. The van der Waals surface area contributed by atoms with Gasteiger partial charge in [-0.3, -0.25) is 4.90 Å². The molecule has 0 aliphatic carbocycles. The van der Waals surface area contributed by atoms with Crippen LogP contribution in [0.5, 0.6) is 0 Å². The molecule has 0 saturated carbocycles. The first-order chi connectivity index (χ1) is 12.0. The lowest BCUT2D eigenvalue weighted by Crippen LogP contribution is -2.23. The van der Waals surface area contributed by atoms with E-state index in [1.165, 1.54) is 6.07 Å². The lowest BCUT2D eigenvalue weighted by Gasteiger charge is -2.21. The zero-order valence-electron chi connectivity index (χ0n) is 14.8. The standard InChI is InChI=1S/C21H22FNO2/c1-4-23(12-16-6-5-7-18(22)10-16)13-17-11-21(24)25-20-9-15(3)14(2)8-19(17)20/h5-11H,4,12-13H2,1-3H3. The van der Waals surface area contributed by atoms with Gasteiger partial charge >= 0.3 is 5.63 Å². The molecule has 25 heavy (non-hydrogen) atoms. The zero-order chi connectivity index (χ0) is 18.0. The number of fused-ring (bicyclic) bond motifs is 1. The smallest absolute Gasteiger partial charge is 0.336 e. The molecule has 0 fully saturated rings. The molecule has 0 N–H and O–H groups in total. The van der Waals surface area contributed by atoms with Crippen molar-refractivity contribution in [1.82, 2.24) is 4.90 Å². The first-order valence-electron chi connectivity index (χ1n) is 8.47. The van der Waals surface area contributed by atoms with E-state index in [0.29, 0.717) is 18.7 Å². The molecule has 0 saturated heterocycles. The minimum atomic E-state index is -0.340. The summed E-state index contributed by atoms with van der Waals surface area (Å²) in [4.78, 5) is 14.1. The predicted octanol–water partition coefficient (Wildman–Crippen LogP) is 4.57. The van der Waals surface area contributed by atoms with Gasteiger partial charge in [0.15, 0.2) is 0 Å². The van der Waals surface area contributed by atoms with Crippen LogP contribution in [0.1, 0.15) is 29.2 Å². The van der Waals surface area contributed by atoms with E-state index in [2.05, 4.69) is 17.9 Å². The second kappa shape index (κ2) is 7.19. The fraction of sp³-hybridized carbons (Fsp3) is 0.286. The van der Waals surface area contributed by atoms with Gasteiger partial charge in [-0.1, -0.05) is 19.1 Å². The SMILES string of the molecule is CCN(Cc1cccc(F)c1)Cc1cc(=O)oc2cc(C)c(C)cc12. The Labute approximate surface area is 146 Å². The first kappa shape index (κ1) is 17.4. The number of aryl methyl sites for hydroxylation is 2. The quantitative estimate of drug-likeness (QED) is 0.639. The van der Waals surface area contributed by atoms with Crippen molar-refractivity contribution in [2.75, 3.05) is 6.54 Å². The Morgan fingerprint density at radius 1 is 1.04 bits per heavy atom. The molecule has 4 heteroatoms. The van der Waals surface area contributed by atoms with Crippen LogP contribution in [-0.4, -0.2) is 11.4 Å². The lowest BCUT2D eigenvalue weighted by molar-refractivity contribution is 0.271.